The van der Waals surface area contributed by atoms with Crippen molar-refractivity contribution in [3.8, 4) is 11.5 Å². The zero-order valence-electron chi connectivity index (χ0n) is 14.0. The summed E-state index contributed by atoms with van der Waals surface area (Å²) in [7, 11) is 2.03. The van der Waals surface area contributed by atoms with Crippen molar-refractivity contribution in [2.45, 2.75) is 26.2 Å². The van der Waals surface area contributed by atoms with E-state index >= 15 is 0 Å². The summed E-state index contributed by atoms with van der Waals surface area (Å²) < 4.78 is 11.5. The molecule has 4 heteroatoms. The van der Waals surface area contributed by atoms with E-state index in [4.69, 9.17) is 9.47 Å². The van der Waals surface area contributed by atoms with E-state index in [0.717, 1.165) is 37.1 Å². The van der Waals surface area contributed by atoms with Gasteiger partial charge in [-0.2, -0.15) is 0 Å². The molecule has 1 N–H and O–H groups in total. The molecular formula is C18H30N2O2. The Hall–Kier alpha value is -1.26. The lowest BCUT2D eigenvalue weighted by Crippen LogP contribution is -2.37. The van der Waals surface area contributed by atoms with Gasteiger partial charge in [0.1, 0.15) is 6.61 Å². The Morgan fingerprint density at radius 2 is 1.82 bits per heavy atom. The summed E-state index contributed by atoms with van der Waals surface area (Å²) >= 11 is 0. The first-order valence-corrected chi connectivity index (χ1v) is 8.55. The Labute approximate surface area is 134 Å². The second-order valence-corrected chi connectivity index (χ2v) is 5.91. The monoisotopic (exact) mass is 306 g/mol. The first-order valence-electron chi connectivity index (χ1n) is 8.55. The summed E-state index contributed by atoms with van der Waals surface area (Å²) in [6, 6.07) is 7.92. The van der Waals surface area contributed by atoms with Crippen LogP contribution in [0, 0.1) is 5.92 Å². The van der Waals surface area contributed by atoms with E-state index in [2.05, 4.69) is 10.2 Å². The van der Waals surface area contributed by atoms with Crippen molar-refractivity contribution in [2.75, 3.05) is 46.4 Å². The van der Waals surface area contributed by atoms with Crippen molar-refractivity contribution in [2.24, 2.45) is 5.92 Å². The van der Waals surface area contributed by atoms with E-state index in [-0.39, 0.29) is 0 Å². The lowest BCUT2D eigenvalue weighted by atomic mass is 9.93. The van der Waals surface area contributed by atoms with Crippen LogP contribution in [0.5, 0.6) is 11.5 Å². The summed E-state index contributed by atoms with van der Waals surface area (Å²) in [5.41, 5.74) is 0. The summed E-state index contributed by atoms with van der Waals surface area (Å²) in [5.74, 6) is 2.59. The van der Waals surface area contributed by atoms with Crippen LogP contribution >= 0.6 is 0 Å². The predicted molar refractivity (Wildman–Crippen MR) is 90.8 cm³/mol. The number of hydrogen-bond donors (Lipinski definition) is 1. The topological polar surface area (TPSA) is 33.7 Å². The number of hydrogen-bond acceptors (Lipinski definition) is 4. The van der Waals surface area contributed by atoms with Gasteiger partial charge in [-0.1, -0.05) is 12.1 Å². The molecule has 4 nitrogen and oxygen atoms in total. The van der Waals surface area contributed by atoms with E-state index in [9.17, 15) is 0 Å². The molecule has 22 heavy (non-hydrogen) atoms. The number of benzene rings is 1. The molecule has 0 saturated carbocycles. The van der Waals surface area contributed by atoms with Gasteiger partial charge in [0.25, 0.3) is 0 Å². The third-order valence-corrected chi connectivity index (χ3v) is 4.32. The number of rotatable bonds is 9. The normalized spacial score (nSPS) is 16.6. The smallest absolute Gasteiger partial charge is 0.161 e. The van der Waals surface area contributed by atoms with Crippen LogP contribution in [0.15, 0.2) is 24.3 Å². The van der Waals surface area contributed by atoms with Crippen molar-refractivity contribution >= 4 is 0 Å². The van der Waals surface area contributed by atoms with Gasteiger partial charge in [-0.25, -0.2) is 0 Å². The zero-order valence-corrected chi connectivity index (χ0v) is 14.0. The Kier molecular flexibility index (Phi) is 7.54. The molecule has 1 saturated heterocycles. The molecule has 0 bridgehead atoms. The van der Waals surface area contributed by atoms with E-state index in [0.29, 0.717) is 6.61 Å². The Bertz CT molecular complexity index is 417. The van der Waals surface area contributed by atoms with Crippen molar-refractivity contribution < 1.29 is 9.47 Å². The van der Waals surface area contributed by atoms with Crippen LogP contribution in [-0.4, -0.2) is 51.3 Å². The number of nitrogens with one attached hydrogen (secondary N) is 1. The molecule has 0 spiro atoms. The van der Waals surface area contributed by atoms with Gasteiger partial charge in [-0.3, -0.25) is 4.90 Å². The molecule has 1 aliphatic heterocycles. The van der Waals surface area contributed by atoms with E-state index in [1.54, 1.807) is 0 Å². The average Bonchev–Trinajstić information content (AvgIpc) is 2.56. The van der Waals surface area contributed by atoms with Crippen LogP contribution in [0.3, 0.4) is 0 Å². The van der Waals surface area contributed by atoms with Crippen molar-refractivity contribution in [1.82, 2.24) is 10.2 Å². The van der Waals surface area contributed by atoms with E-state index < -0.39 is 0 Å². The Balaban J connectivity index is 1.67. The van der Waals surface area contributed by atoms with Gasteiger partial charge >= 0.3 is 0 Å². The minimum absolute atomic E-state index is 0.667. The van der Waals surface area contributed by atoms with Gasteiger partial charge < -0.3 is 14.8 Å². The molecule has 2 rings (SSSR count). The lowest BCUT2D eigenvalue weighted by molar-refractivity contribution is 0.149. The minimum atomic E-state index is 0.667. The molecule has 1 aromatic rings. The van der Waals surface area contributed by atoms with Gasteiger partial charge in [0.2, 0.25) is 0 Å². The number of piperidine rings is 1. The fourth-order valence-electron chi connectivity index (χ4n) is 2.98. The van der Waals surface area contributed by atoms with Gasteiger partial charge in [-0.15, -0.1) is 0 Å². The Morgan fingerprint density at radius 1 is 1.14 bits per heavy atom. The van der Waals surface area contributed by atoms with E-state index in [1.165, 1.54) is 32.4 Å². The number of likely N-dealkylation sites (tertiary alicyclic amines) is 1. The van der Waals surface area contributed by atoms with Crippen LogP contribution in [0.1, 0.15) is 26.2 Å². The molecule has 1 heterocycles. The number of nitrogens with zero attached hydrogens (tertiary/aromatic N) is 1. The van der Waals surface area contributed by atoms with Gasteiger partial charge in [-0.05, 0) is 70.9 Å². The molecule has 1 fully saturated rings. The van der Waals surface area contributed by atoms with Crippen molar-refractivity contribution in [1.29, 1.82) is 0 Å². The highest BCUT2D eigenvalue weighted by Crippen LogP contribution is 2.26. The van der Waals surface area contributed by atoms with Gasteiger partial charge in [0, 0.05) is 6.54 Å². The standard InChI is InChI=1S/C18H30N2O2/c1-3-21-17-6-4-5-7-18(17)22-15-14-20-12-9-16(10-13-20)8-11-19-2/h4-7,16,19H,3,8-15H2,1-2H3. The van der Waals surface area contributed by atoms with Gasteiger partial charge in [0.05, 0.1) is 6.61 Å². The van der Waals surface area contributed by atoms with Crippen LogP contribution in [0.4, 0.5) is 0 Å². The fraction of sp³-hybridized carbons (Fsp3) is 0.667. The molecule has 0 amide bonds. The Morgan fingerprint density at radius 3 is 2.45 bits per heavy atom. The highest BCUT2D eigenvalue weighted by molar-refractivity contribution is 5.39. The third kappa shape index (κ3) is 5.50. The summed E-state index contributed by atoms with van der Waals surface area (Å²) in [4.78, 5) is 2.51. The molecule has 0 radical (unpaired) electrons. The van der Waals surface area contributed by atoms with Crippen LogP contribution in [0.2, 0.25) is 0 Å². The number of ether oxygens (including phenoxy) is 2. The maximum Gasteiger partial charge on any atom is 0.161 e. The molecule has 1 aromatic carbocycles. The lowest BCUT2D eigenvalue weighted by Gasteiger charge is -2.31. The van der Waals surface area contributed by atoms with Crippen LogP contribution in [0.25, 0.3) is 0 Å². The second kappa shape index (κ2) is 9.70. The zero-order chi connectivity index (χ0) is 15.6. The summed E-state index contributed by atoms with van der Waals surface area (Å²) in [5, 5.41) is 3.25. The summed E-state index contributed by atoms with van der Waals surface area (Å²) in [6.07, 6.45) is 3.94. The van der Waals surface area contributed by atoms with Gasteiger partial charge in [0.15, 0.2) is 11.5 Å². The quantitative estimate of drug-likeness (QED) is 0.760. The highest BCUT2D eigenvalue weighted by atomic mass is 16.5. The van der Waals surface area contributed by atoms with E-state index in [1.807, 2.05) is 38.2 Å². The minimum Gasteiger partial charge on any atom is -0.490 e. The first-order chi connectivity index (χ1) is 10.8. The fourth-order valence-corrected chi connectivity index (χ4v) is 2.98. The van der Waals surface area contributed by atoms with Crippen molar-refractivity contribution in [3.05, 3.63) is 24.3 Å². The first kappa shape index (κ1) is 17.1. The molecule has 0 aromatic heterocycles. The largest absolute Gasteiger partial charge is 0.490 e. The van der Waals surface area contributed by atoms with Crippen LogP contribution in [-0.2, 0) is 0 Å². The third-order valence-electron chi connectivity index (χ3n) is 4.32. The molecular weight excluding hydrogens is 276 g/mol. The number of para-hydroxylation sites is 2. The molecule has 0 unspecified atom stereocenters. The molecule has 0 atom stereocenters. The SMILES string of the molecule is CCOc1ccccc1OCCN1CCC(CCNC)CC1. The van der Waals surface area contributed by atoms with Crippen LogP contribution < -0.4 is 14.8 Å². The second-order valence-electron chi connectivity index (χ2n) is 5.91. The molecule has 0 aliphatic carbocycles. The highest BCUT2D eigenvalue weighted by Gasteiger charge is 2.18. The predicted octanol–water partition coefficient (Wildman–Crippen LogP) is 2.79. The summed E-state index contributed by atoms with van der Waals surface area (Å²) in [6.45, 7) is 7.93. The molecule has 124 valence electrons. The average molecular weight is 306 g/mol. The maximum atomic E-state index is 5.91. The van der Waals surface area contributed by atoms with Crippen molar-refractivity contribution in [3.63, 3.8) is 0 Å². The molecule has 1 aliphatic rings. The maximum absolute atomic E-state index is 5.91.